The van der Waals surface area contributed by atoms with Crippen molar-refractivity contribution >= 4 is 28.2 Å². The van der Waals surface area contributed by atoms with Crippen LogP contribution in [0.25, 0.3) is 0 Å². The van der Waals surface area contributed by atoms with Crippen LogP contribution < -0.4 is 20.1 Å². The first-order valence-corrected chi connectivity index (χ1v) is 11.9. The van der Waals surface area contributed by atoms with Crippen LogP contribution in [-0.2, 0) is 0 Å². The molecule has 1 amide bonds. The van der Waals surface area contributed by atoms with E-state index in [4.69, 9.17) is 13.9 Å². The number of furan rings is 1. The Bertz CT molecular complexity index is 1330. The number of amides is 1. The number of carbonyl (C=O) groups is 1. The van der Waals surface area contributed by atoms with Crippen molar-refractivity contribution in [1.82, 2.24) is 9.97 Å². The zero-order valence-corrected chi connectivity index (χ0v) is 21.4. The highest BCUT2D eigenvalue weighted by Gasteiger charge is 2.29. The van der Waals surface area contributed by atoms with Gasteiger partial charge in [-0.2, -0.15) is 0 Å². The fraction of sp³-hybridized carbons (Fsp3) is 0.269. The number of hydrogen-bond acceptors (Lipinski definition) is 8. The summed E-state index contributed by atoms with van der Waals surface area (Å²) in [5.74, 6) is 1.58. The third kappa shape index (κ3) is 5.00. The summed E-state index contributed by atoms with van der Waals surface area (Å²) >= 11 is 1.50. The molecule has 1 aromatic carbocycles. The first-order chi connectivity index (χ1) is 16.8. The fourth-order valence-corrected chi connectivity index (χ4v) is 5.12. The quantitative estimate of drug-likeness (QED) is 0.319. The van der Waals surface area contributed by atoms with Crippen LogP contribution in [0.4, 0.5) is 10.9 Å². The Labute approximate surface area is 208 Å². The van der Waals surface area contributed by atoms with Crippen molar-refractivity contribution in [3.63, 3.8) is 0 Å². The highest BCUT2D eigenvalue weighted by atomic mass is 32.1. The Kier molecular flexibility index (Phi) is 7.07. The minimum Gasteiger partial charge on any atom is -0.493 e. The lowest BCUT2D eigenvalue weighted by Crippen LogP contribution is -2.19. The molecule has 4 aromatic rings. The third-order valence-electron chi connectivity index (χ3n) is 5.69. The van der Waals surface area contributed by atoms with E-state index in [2.05, 4.69) is 20.6 Å². The molecule has 0 saturated heterocycles. The van der Waals surface area contributed by atoms with Crippen molar-refractivity contribution in [2.75, 3.05) is 24.9 Å². The molecular weight excluding hydrogens is 464 g/mol. The van der Waals surface area contributed by atoms with E-state index >= 15 is 0 Å². The summed E-state index contributed by atoms with van der Waals surface area (Å²) in [7, 11) is 3.21. The van der Waals surface area contributed by atoms with Crippen LogP contribution in [0.5, 0.6) is 11.5 Å². The highest BCUT2D eigenvalue weighted by molar-refractivity contribution is 7.16. The number of benzene rings is 1. The number of anilines is 2. The molecule has 9 heteroatoms. The zero-order chi connectivity index (χ0) is 25.1. The number of methoxy groups -OCH3 is 2. The number of hydrogen-bond donors (Lipinski definition) is 2. The van der Waals surface area contributed by atoms with Crippen LogP contribution in [0.3, 0.4) is 0 Å². The highest BCUT2D eigenvalue weighted by Crippen LogP contribution is 2.45. The molecule has 1 atom stereocenters. The fourth-order valence-electron chi connectivity index (χ4n) is 4.02. The van der Waals surface area contributed by atoms with E-state index in [9.17, 15) is 4.79 Å². The van der Waals surface area contributed by atoms with Gasteiger partial charge in [0, 0.05) is 27.4 Å². The summed E-state index contributed by atoms with van der Waals surface area (Å²) in [4.78, 5) is 23.2. The molecule has 0 aliphatic heterocycles. The number of thiophene rings is 1. The molecular formula is C26H28N4O4S. The average molecular weight is 493 g/mol. The first kappa shape index (κ1) is 24.3. The summed E-state index contributed by atoms with van der Waals surface area (Å²) in [6.45, 7) is 7.92. The molecule has 0 spiro atoms. The van der Waals surface area contributed by atoms with Crippen molar-refractivity contribution in [3.05, 3.63) is 81.4 Å². The summed E-state index contributed by atoms with van der Waals surface area (Å²) in [6.07, 6.45) is 1.48. The molecule has 0 saturated carbocycles. The molecule has 4 rings (SSSR count). The maximum absolute atomic E-state index is 12.9. The molecule has 0 fully saturated rings. The number of rotatable bonds is 8. The van der Waals surface area contributed by atoms with Crippen LogP contribution in [0, 0.1) is 27.7 Å². The Morgan fingerprint density at radius 3 is 2.40 bits per heavy atom. The van der Waals surface area contributed by atoms with Gasteiger partial charge in [-0.1, -0.05) is 12.1 Å². The average Bonchev–Trinajstić information content (AvgIpc) is 3.45. The van der Waals surface area contributed by atoms with E-state index in [1.165, 1.54) is 17.6 Å². The number of carbonyl (C=O) groups excluding carboxylic acids is 1. The van der Waals surface area contributed by atoms with E-state index in [-0.39, 0.29) is 11.7 Å². The van der Waals surface area contributed by atoms with Gasteiger partial charge in [0.15, 0.2) is 17.3 Å². The molecule has 1 unspecified atom stereocenters. The second-order valence-electron chi connectivity index (χ2n) is 8.09. The van der Waals surface area contributed by atoms with Crippen LogP contribution in [-0.4, -0.2) is 30.1 Å². The van der Waals surface area contributed by atoms with Crippen LogP contribution in [0.2, 0.25) is 0 Å². The lowest BCUT2D eigenvalue weighted by atomic mass is 9.95. The SMILES string of the molecule is COc1cccc(C(Nc2nc(C)cc(C)n2)c2c(NC(=O)c3ccco3)sc(C)c2C)c1OC. The molecule has 0 radical (unpaired) electrons. The van der Waals surface area contributed by atoms with E-state index in [0.29, 0.717) is 22.4 Å². The Morgan fingerprint density at radius 2 is 1.77 bits per heavy atom. The number of nitrogens with zero attached hydrogens (tertiary/aromatic N) is 2. The summed E-state index contributed by atoms with van der Waals surface area (Å²) in [6, 6.07) is 10.5. The Morgan fingerprint density at radius 1 is 1.03 bits per heavy atom. The molecule has 8 nitrogen and oxygen atoms in total. The van der Waals surface area contributed by atoms with Crippen molar-refractivity contribution in [3.8, 4) is 11.5 Å². The van der Waals surface area contributed by atoms with Crippen molar-refractivity contribution in [1.29, 1.82) is 0 Å². The Hall–Kier alpha value is -3.85. The summed E-state index contributed by atoms with van der Waals surface area (Å²) in [5.41, 5.74) is 4.45. The minimum atomic E-state index is -0.446. The molecule has 3 aromatic heterocycles. The second-order valence-corrected chi connectivity index (χ2v) is 9.32. The molecule has 3 heterocycles. The van der Waals surface area contributed by atoms with Gasteiger partial charge in [-0.05, 0) is 57.5 Å². The van der Waals surface area contributed by atoms with Gasteiger partial charge in [-0.3, -0.25) is 4.79 Å². The number of para-hydroxylation sites is 1. The lowest BCUT2D eigenvalue weighted by Gasteiger charge is -2.24. The molecule has 0 aliphatic rings. The topological polar surface area (TPSA) is 98.5 Å². The number of aromatic nitrogens is 2. The predicted molar refractivity (Wildman–Crippen MR) is 137 cm³/mol. The van der Waals surface area contributed by atoms with Gasteiger partial charge >= 0.3 is 0 Å². The van der Waals surface area contributed by atoms with Crippen LogP contribution >= 0.6 is 11.3 Å². The molecule has 0 bridgehead atoms. The van der Waals surface area contributed by atoms with Crippen LogP contribution in [0.1, 0.15) is 49.6 Å². The summed E-state index contributed by atoms with van der Waals surface area (Å²) in [5, 5.41) is 7.23. The number of ether oxygens (including phenoxy) is 2. The van der Waals surface area contributed by atoms with Gasteiger partial charge in [0.1, 0.15) is 5.00 Å². The molecule has 182 valence electrons. The van der Waals surface area contributed by atoms with E-state index < -0.39 is 6.04 Å². The Balaban J connectivity index is 1.88. The van der Waals surface area contributed by atoms with Crippen molar-refractivity contribution in [2.45, 2.75) is 33.7 Å². The molecule has 35 heavy (non-hydrogen) atoms. The number of aryl methyl sites for hydroxylation is 3. The van der Waals surface area contributed by atoms with Gasteiger partial charge in [-0.25, -0.2) is 9.97 Å². The normalized spacial score (nSPS) is 11.7. The maximum atomic E-state index is 12.9. The van der Waals surface area contributed by atoms with Crippen molar-refractivity contribution < 1.29 is 18.7 Å². The van der Waals surface area contributed by atoms with Gasteiger partial charge in [0.05, 0.1) is 26.5 Å². The largest absolute Gasteiger partial charge is 0.493 e. The lowest BCUT2D eigenvalue weighted by molar-refractivity contribution is 0.0997. The minimum absolute atomic E-state index is 0.237. The molecule has 2 N–H and O–H groups in total. The van der Waals surface area contributed by atoms with Gasteiger partial charge < -0.3 is 24.5 Å². The predicted octanol–water partition coefficient (Wildman–Crippen LogP) is 5.84. The smallest absolute Gasteiger partial charge is 0.291 e. The van der Waals surface area contributed by atoms with Gasteiger partial charge in [0.2, 0.25) is 5.95 Å². The van der Waals surface area contributed by atoms with Crippen LogP contribution in [0.15, 0.2) is 47.1 Å². The maximum Gasteiger partial charge on any atom is 0.291 e. The molecule has 0 aliphatic carbocycles. The summed E-state index contributed by atoms with van der Waals surface area (Å²) < 4.78 is 16.6. The first-order valence-electron chi connectivity index (χ1n) is 11.1. The zero-order valence-electron chi connectivity index (χ0n) is 20.6. The van der Waals surface area contributed by atoms with E-state index in [0.717, 1.165) is 33.0 Å². The monoisotopic (exact) mass is 492 g/mol. The van der Waals surface area contributed by atoms with Gasteiger partial charge in [-0.15, -0.1) is 11.3 Å². The standard InChI is InChI=1S/C26H28N4O4S/c1-14-13-15(2)28-26(27-14)29-22(18-9-7-10-19(32-5)23(18)33-6)21-16(3)17(4)35-25(21)30-24(31)20-11-8-12-34-20/h7-13,22H,1-6H3,(H,30,31)(H,27,28,29). The van der Waals surface area contributed by atoms with E-state index in [1.54, 1.807) is 26.4 Å². The van der Waals surface area contributed by atoms with E-state index in [1.807, 2.05) is 52.0 Å². The number of nitrogens with one attached hydrogen (secondary N) is 2. The van der Waals surface area contributed by atoms with Gasteiger partial charge in [0.25, 0.3) is 5.91 Å². The van der Waals surface area contributed by atoms with Crippen molar-refractivity contribution in [2.24, 2.45) is 0 Å². The third-order valence-corrected chi connectivity index (χ3v) is 6.83. The second kappa shape index (κ2) is 10.2.